The molecule has 1 amide bonds. The third-order valence-corrected chi connectivity index (χ3v) is 7.40. The van der Waals surface area contributed by atoms with E-state index in [-0.39, 0.29) is 5.41 Å². The van der Waals surface area contributed by atoms with Crippen molar-refractivity contribution < 1.29 is 19.4 Å². The van der Waals surface area contributed by atoms with Crippen LogP contribution in [-0.2, 0) is 14.3 Å². The third kappa shape index (κ3) is 2.78. The minimum absolute atomic E-state index is 0.0929. The Morgan fingerprint density at radius 1 is 1.16 bits per heavy atom. The molecule has 4 aliphatic carbocycles. The Bertz CT molecular complexity index is 528. The van der Waals surface area contributed by atoms with Crippen molar-refractivity contribution in [2.75, 3.05) is 13.7 Å². The van der Waals surface area contributed by atoms with Crippen molar-refractivity contribution in [2.45, 2.75) is 69.6 Å². The predicted octanol–water partition coefficient (Wildman–Crippen LogP) is 1.06. The van der Waals surface area contributed by atoms with Crippen molar-refractivity contribution in [1.82, 2.24) is 4.90 Å². The normalized spacial score (nSPS) is 41.6. The number of aliphatic hydroxyl groups is 1. The maximum Gasteiger partial charge on any atom is 0.328 e. The molecule has 6 heteroatoms. The number of carbonyl (C=O) groups excluding carboxylic acids is 2. The molecule has 140 valence electrons. The van der Waals surface area contributed by atoms with Gasteiger partial charge < -0.3 is 20.5 Å². The van der Waals surface area contributed by atoms with E-state index in [0.717, 1.165) is 25.7 Å². The van der Waals surface area contributed by atoms with Gasteiger partial charge in [-0.3, -0.25) is 4.79 Å². The summed E-state index contributed by atoms with van der Waals surface area (Å²) in [5.41, 5.74) is 6.43. The third-order valence-electron chi connectivity index (χ3n) is 7.40. The molecule has 0 aromatic rings. The van der Waals surface area contributed by atoms with Crippen LogP contribution in [0.1, 0.15) is 51.4 Å². The lowest BCUT2D eigenvalue weighted by molar-refractivity contribution is -0.158. The zero-order valence-corrected chi connectivity index (χ0v) is 15.0. The summed E-state index contributed by atoms with van der Waals surface area (Å²) in [6.45, 7) is 0.489. The van der Waals surface area contributed by atoms with E-state index >= 15 is 0 Å². The number of methoxy groups -OCH3 is 1. The molecule has 1 saturated heterocycles. The molecule has 25 heavy (non-hydrogen) atoms. The highest BCUT2D eigenvalue weighted by atomic mass is 16.5. The SMILES string of the molecule is COC(=O)[C@@H]1CCCN1C(=O)[C@@H](O)[C@H](N)C12CC3CC(CC(C3)C1)C2. The van der Waals surface area contributed by atoms with E-state index in [1.807, 2.05) is 0 Å². The molecule has 5 aliphatic rings. The smallest absolute Gasteiger partial charge is 0.328 e. The van der Waals surface area contributed by atoms with E-state index < -0.39 is 30.1 Å². The number of likely N-dealkylation sites (tertiary alicyclic amines) is 1. The largest absolute Gasteiger partial charge is 0.467 e. The minimum Gasteiger partial charge on any atom is -0.467 e. The Morgan fingerprint density at radius 3 is 2.24 bits per heavy atom. The Hall–Kier alpha value is -1.14. The summed E-state index contributed by atoms with van der Waals surface area (Å²) in [5, 5.41) is 10.8. The minimum atomic E-state index is -1.22. The van der Waals surface area contributed by atoms with Gasteiger partial charge in [0.15, 0.2) is 0 Å². The molecule has 0 unspecified atom stereocenters. The van der Waals surface area contributed by atoms with Crippen LogP contribution in [0.2, 0.25) is 0 Å². The van der Waals surface area contributed by atoms with Gasteiger partial charge in [0.1, 0.15) is 12.1 Å². The van der Waals surface area contributed by atoms with Crippen molar-refractivity contribution in [3.8, 4) is 0 Å². The van der Waals surface area contributed by atoms with Gasteiger partial charge in [-0.25, -0.2) is 4.79 Å². The monoisotopic (exact) mass is 350 g/mol. The van der Waals surface area contributed by atoms with Crippen LogP contribution in [0.4, 0.5) is 0 Å². The molecular formula is C19H30N2O4. The maximum absolute atomic E-state index is 12.9. The molecule has 6 nitrogen and oxygen atoms in total. The standard InChI is InChI=1S/C19H30N2O4/c1-25-18(24)14-3-2-4-21(14)17(23)15(22)16(20)19-8-11-5-12(9-19)7-13(6-11)10-19/h11-16,22H,2-10,20H2,1H3/t11?,12?,13?,14-,15-,16-,19?/m0/s1. The number of hydrogen-bond donors (Lipinski definition) is 2. The molecule has 0 spiro atoms. The fourth-order valence-corrected chi connectivity index (χ4v) is 6.66. The molecule has 3 N–H and O–H groups in total. The van der Waals surface area contributed by atoms with Crippen molar-refractivity contribution in [2.24, 2.45) is 28.9 Å². The van der Waals surface area contributed by atoms with E-state index in [0.29, 0.717) is 30.7 Å². The Morgan fingerprint density at radius 2 is 1.72 bits per heavy atom. The predicted molar refractivity (Wildman–Crippen MR) is 91.3 cm³/mol. The zero-order valence-electron chi connectivity index (χ0n) is 15.0. The molecule has 5 rings (SSSR count). The van der Waals surface area contributed by atoms with E-state index in [2.05, 4.69) is 0 Å². The van der Waals surface area contributed by atoms with E-state index in [1.165, 1.54) is 31.3 Å². The molecular weight excluding hydrogens is 320 g/mol. The van der Waals surface area contributed by atoms with Gasteiger partial charge in [0, 0.05) is 12.6 Å². The second-order valence-electron chi connectivity index (χ2n) is 8.96. The average Bonchev–Trinajstić information content (AvgIpc) is 3.07. The highest BCUT2D eigenvalue weighted by Gasteiger charge is 2.56. The van der Waals surface area contributed by atoms with Crippen molar-refractivity contribution >= 4 is 11.9 Å². The van der Waals surface area contributed by atoms with Crippen LogP contribution >= 0.6 is 0 Å². The van der Waals surface area contributed by atoms with E-state index in [4.69, 9.17) is 10.5 Å². The van der Waals surface area contributed by atoms with Crippen LogP contribution in [0.25, 0.3) is 0 Å². The molecule has 4 saturated carbocycles. The van der Waals surface area contributed by atoms with Gasteiger partial charge in [0.05, 0.1) is 7.11 Å². The van der Waals surface area contributed by atoms with E-state index in [9.17, 15) is 14.7 Å². The topological polar surface area (TPSA) is 92.9 Å². The second kappa shape index (κ2) is 6.23. The van der Waals surface area contributed by atoms with Crippen LogP contribution in [0.5, 0.6) is 0 Å². The second-order valence-corrected chi connectivity index (χ2v) is 8.96. The summed E-state index contributed by atoms with van der Waals surface area (Å²) in [5.74, 6) is 1.36. The quantitative estimate of drug-likeness (QED) is 0.740. The Balaban J connectivity index is 1.49. The molecule has 1 heterocycles. The zero-order chi connectivity index (χ0) is 17.8. The number of ether oxygens (including phenoxy) is 1. The van der Waals surface area contributed by atoms with Gasteiger partial charge in [-0.15, -0.1) is 0 Å². The summed E-state index contributed by atoms with van der Waals surface area (Å²) in [6.07, 6.45) is 7.16. The van der Waals surface area contributed by atoms with Crippen molar-refractivity contribution in [3.05, 3.63) is 0 Å². The molecule has 5 fully saturated rings. The van der Waals surface area contributed by atoms with Gasteiger partial charge in [0.25, 0.3) is 5.91 Å². The number of nitrogens with zero attached hydrogens (tertiary/aromatic N) is 1. The van der Waals surface area contributed by atoms with Crippen LogP contribution in [0.15, 0.2) is 0 Å². The van der Waals surface area contributed by atoms with Gasteiger partial charge in [-0.05, 0) is 74.5 Å². The Labute approximate surface area is 149 Å². The first kappa shape index (κ1) is 17.3. The van der Waals surface area contributed by atoms with Gasteiger partial charge in [-0.1, -0.05) is 0 Å². The number of hydrogen-bond acceptors (Lipinski definition) is 5. The van der Waals surface area contributed by atoms with Crippen LogP contribution in [0.3, 0.4) is 0 Å². The fourth-order valence-electron chi connectivity index (χ4n) is 6.66. The number of amides is 1. The molecule has 0 radical (unpaired) electrons. The first-order valence-electron chi connectivity index (χ1n) is 9.75. The number of rotatable bonds is 4. The molecule has 0 aromatic heterocycles. The summed E-state index contributed by atoms with van der Waals surface area (Å²) in [4.78, 5) is 26.3. The number of aliphatic hydroxyl groups excluding tert-OH is 1. The van der Waals surface area contributed by atoms with Gasteiger partial charge in [-0.2, -0.15) is 0 Å². The lowest BCUT2D eigenvalue weighted by Crippen LogP contribution is -2.62. The maximum atomic E-state index is 12.9. The molecule has 0 aromatic carbocycles. The van der Waals surface area contributed by atoms with Crippen molar-refractivity contribution in [3.63, 3.8) is 0 Å². The molecule has 3 atom stereocenters. The average molecular weight is 350 g/mol. The molecule has 1 aliphatic heterocycles. The number of carbonyl (C=O) groups is 2. The summed E-state index contributed by atoms with van der Waals surface area (Å²) in [7, 11) is 1.33. The van der Waals surface area contributed by atoms with Gasteiger partial charge in [0.2, 0.25) is 0 Å². The first-order chi connectivity index (χ1) is 11.9. The van der Waals surface area contributed by atoms with Crippen molar-refractivity contribution in [1.29, 1.82) is 0 Å². The summed E-state index contributed by atoms with van der Waals surface area (Å²) in [6, 6.07) is -1.11. The first-order valence-corrected chi connectivity index (χ1v) is 9.75. The number of esters is 1. The lowest BCUT2D eigenvalue weighted by atomic mass is 9.47. The van der Waals surface area contributed by atoms with Crippen LogP contribution in [0, 0.1) is 23.2 Å². The highest BCUT2D eigenvalue weighted by Crippen LogP contribution is 2.61. The van der Waals surface area contributed by atoms with Gasteiger partial charge >= 0.3 is 5.97 Å². The summed E-state index contributed by atoms with van der Waals surface area (Å²) >= 11 is 0. The van der Waals surface area contributed by atoms with Crippen LogP contribution in [-0.4, -0.2) is 53.7 Å². The van der Waals surface area contributed by atoms with Crippen LogP contribution < -0.4 is 5.73 Å². The lowest BCUT2D eigenvalue weighted by Gasteiger charge is -2.59. The Kier molecular flexibility index (Phi) is 4.31. The number of nitrogens with two attached hydrogens (primary N) is 1. The highest BCUT2D eigenvalue weighted by molar-refractivity contribution is 5.88. The fraction of sp³-hybridized carbons (Fsp3) is 0.895. The molecule has 4 bridgehead atoms. The summed E-state index contributed by atoms with van der Waals surface area (Å²) < 4.78 is 4.81. The van der Waals surface area contributed by atoms with E-state index in [1.54, 1.807) is 0 Å².